The van der Waals surface area contributed by atoms with Gasteiger partial charge in [-0.3, -0.25) is 25.0 Å². The number of aromatic nitrogens is 2. The van der Waals surface area contributed by atoms with E-state index in [2.05, 4.69) is 9.97 Å². The molecule has 0 spiro atoms. The fourth-order valence-electron chi connectivity index (χ4n) is 1.87. The minimum absolute atomic E-state index is 0.164. The third-order valence-electron chi connectivity index (χ3n) is 2.84. The van der Waals surface area contributed by atoms with Gasteiger partial charge in [0.1, 0.15) is 0 Å². The summed E-state index contributed by atoms with van der Waals surface area (Å²) in [6.07, 6.45) is 1.41. The lowest BCUT2D eigenvalue weighted by Gasteiger charge is -2.04. The molecule has 0 amide bonds. The van der Waals surface area contributed by atoms with Gasteiger partial charge in [-0.25, -0.2) is 4.98 Å². The van der Waals surface area contributed by atoms with Gasteiger partial charge in [-0.15, -0.1) is 0 Å². The van der Waals surface area contributed by atoms with Crippen molar-refractivity contribution in [2.45, 2.75) is 29.8 Å². The van der Waals surface area contributed by atoms with Gasteiger partial charge in [-0.05, 0) is 24.2 Å². The number of hydrogen-bond donors (Lipinski definition) is 1. The Morgan fingerprint density at radius 1 is 1.22 bits per heavy atom. The van der Waals surface area contributed by atoms with Crippen molar-refractivity contribution in [2.24, 2.45) is 0 Å². The average Bonchev–Trinajstić information content (AvgIpc) is 2.46. The number of nitro groups is 2. The van der Waals surface area contributed by atoms with Gasteiger partial charge >= 0.3 is 0 Å². The van der Waals surface area contributed by atoms with Crippen molar-refractivity contribution in [3.05, 3.63) is 60.5 Å². The largest absolute Gasteiger partial charge is 0.301 e. The fourth-order valence-corrected chi connectivity index (χ4v) is 2.77. The summed E-state index contributed by atoms with van der Waals surface area (Å²) in [6.45, 7) is 1.94. The molecule has 120 valence electrons. The molecule has 1 N–H and O–H groups in total. The molecule has 0 saturated carbocycles. The maximum absolute atomic E-state index is 11.6. The van der Waals surface area contributed by atoms with Gasteiger partial charge in [0.05, 0.1) is 20.8 Å². The van der Waals surface area contributed by atoms with E-state index in [9.17, 15) is 25.0 Å². The van der Waals surface area contributed by atoms with E-state index in [1.54, 1.807) is 0 Å². The minimum atomic E-state index is -0.705. The Bertz CT molecular complexity index is 820. The van der Waals surface area contributed by atoms with Gasteiger partial charge in [0, 0.05) is 17.8 Å². The summed E-state index contributed by atoms with van der Waals surface area (Å²) in [7, 11) is 0. The Morgan fingerprint density at radius 2 is 1.96 bits per heavy atom. The van der Waals surface area contributed by atoms with Crippen LogP contribution in [0.15, 0.2) is 39.1 Å². The second-order valence-electron chi connectivity index (χ2n) is 4.56. The van der Waals surface area contributed by atoms with Crippen molar-refractivity contribution in [2.75, 3.05) is 0 Å². The van der Waals surface area contributed by atoms with Crippen LogP contribution >= 0.6 is 11.8 Å². The molecule has 1 heterocycles. The topological polar surface area (TPSA) is 132 Å². The van der Waals surface area contributed by atoms with Crippen molar-refractivity contribution in [1.29, 1.82) is 0 Å². The van der Waals surface area contributed by atoms with Crippen LogP contribution in [0, 0.1) is 20.2 Å². The zero-order valence-corrected chi connectivity index (χ0v) is 12.8. The van der Waals surface area contributed by atoms with Crippen molar-refractivity contribution in [1.82, 2.24) is 9.97 Å². The molecule has 0 fully saturated rings. The molecular weight excluding hydrogens is 324 g/mol. The quantitative estimate of drug-likeness (QED) is 0.487. The van der Waals surface area contributed by atoms with Crippen molar-refractivity contribution in [3.8, 4) is 0 Å². The molecule has 23 heavy (non-hydrogen) atoms. The summed E-state index contributed by atoms with van der Waals surface area (Å²) in [5, 5.41) is 22.0. The van der Waals surface area contributed by atoms with Gasteiger partial charge in [-0.1, -0.05) is 13.3 Å². The molecule has 0 radical (unpaired) electrons. The maximum Gasteiger partial charge on any atom is 0.290 e. The van der Waals surface area contributed by atoms with E-state index < -0.39 is 15.5 Å². The summed E-state index contributed by atoms with van der Waals surface area (Å²) < 4.78 is 0. The monoisotopic (exact) mass is 336 g/mol. The number of H-pyrrole nitrogens is 1. The van der Waals surface area contributed by atoms with Crippen LogP contribution < -0.4 is 5.56 Å². The third-order valence-corrected chi connectivity index (χ3v) is 3.79. The van der Waals surface area contributed by atoms with Crippen LogP contribution in [0.2, 0.25) is 0 Å². The molecule has 2 rings (SSSR count). The number of nitro benzene ring substituents is 2. The Hall–Kier alpha value is -2.75. The molecule has 0 aliphatic carbocycles. The van der Waals surface area contributed by atoms with Crippen LogP contribution in [0.4, 0.5) is 11.4 Å². The molecule has 9 nitrogen and oxygen atoms in total. The average molecular weight is 336 g/mol. The van der Waals surface area contributed by atoms with Gasteiger partial charge in [0.2, 0.25) is 0 Å². The first-order chi connectivity index (χ1) is 10.9. The first-order valence-corrected chi connectivity index (χ1v) is 7.43. The maximum atomic E-state index is 11.6. The molecule has 0 unspecified atom stereocenters. The molecule has 10 heteroatoms. The normalized spacial score (nSPS) is 10.5. The van der Waals surface area contributed by atoms with Crippen LogP contribution in [-0.4, -0.2) is 19.8 Å². The molecular formula is C13H12N4O5S. The SMILES string of the molecule is CCCc1cc(=O)[nH]c(Sc2ccc([N+](=O)[O-])cc2[N+](=O)[O-])n1. The Kier molecular flexibility index (Phi) is 5.06. The highest BCUT2D eigenvalue weighted by Gasteiger charge is 2.21. The zero-order chi connectivity index (χ0) is 17.0. The number of rotatable bonds is 6. The number of aromatic amines is 1. The minimum Gasteiger partial charge on any atom is -0.301 e. The van der Waals surface area contributed by atoms with Crippen molar-refractivity contribution < 1.29 is 9.85 Å². The van der Waals surface area contributed by atoms with Gasteiger partial charge < -0.3 is 4.98 Å². The number of nitrogens with one attached hydrogen (secondary N) is 1. The molecule has 1 aromatic carbocycles. The van der Waals surface area contributed by atoms with Gasteiger partial charge in [0.15, 0.2) is 5.16 Å². The van der Waals surface area contributed by atoms with E-state index in [4.69, 9.17) is 0 Å². The molecule has 2 aromatic rings. The van der Waals surface area contributed by atoms with Crippen molar-refractivity contribution >= 4 is 23.1 Å². The van der Waals surface area contributed by atoms with Crippen LogP contribution in [0.3, 0.4) is 0 Å². The highest BCUT2D eigenvalue weighted by atomic mass is 32.2. The molecule has 0 aliphatic heterocycles. The summed E-state index contributed by atoms with van der Waals surface area (Å²) in [5.41, 5.74) is -0.547. The first kappa shape index (κ1) is 16.6. The summed E-state index contributed by atoms with van der Waals surface area (Å²) >= 11 is 0.886. The zero-order valence-electron chi connectivity index (χ0n) is 12.0. The Balaban J connectivity index is 2.41. The first-order valence-electron chi connectivity index (χ1n) is 6.61. The van der Waals surface area contributed by atoms with E-state index in [1.807, 2.05) is 6.92 Å². The highest BCUT2D eigenvalue weighted by molar-refractivity contribution is 7.99. The predicted octanol–water partition coefficient (Wildman–Crippen LogP) is 2.69. The van der Waals surface area contributed by atoms with E-state index in [0.717, 1.165) is 24.2 Å². The highest BCUT2D eigenvalue weighted by Crippen LogP contribution is 2.35. The van der Waals surface area contributed by atoms with Gasteiger partial charge in [-0.2, -0.15) is 0 Å². The van der Waals surface area contributed by atoms with Gasteiger partial charge in [0.25, 0.3) is 16.9 Å². The lowest BCUT2D eigenvalue weighted by molar-refractivity contribution is -0.396. The number of nitrogens with zero attached hydrogens (tertiary/aromatic N) is 3. The second kappa shape index (κ2) is 7.01. The van der Waals surface area contributed by atoms with Crippen LogP contribution in [0.5, 0.6) is 0 Å². The Morgan fingerprint density at radius 3 is 2.57 bits per heavy atom. The molecule has 0 bridgehead atoms. The van der Waals surface area contributed by atoms with Crippen molar-refractivity contribution in [3.63, 3.8) is 0 Å². The molecule has 0 saturated heterocycles. The predicted molar refractivity (Wildman–Crippen MR) is 82.7 cm³/mol. The molecule has 0 aliphatic rings. The fraction of sp³-hybridized carbons (Fsp3) is 0.231. The number of benzene rings is 1. The number of hydrogen-bond acceptors (Lipinski definition) is 7. The van der Waals surface area contributed by atoms with Crippen LogP contribution in [-0.2, 0) is 6.42 Å². The molecule has 0 atom stereocenters. The lowest BCUT2D eigenvalue weighted by atomic mass is 10.2. The van der Waals surface area contributed by atoms with E-state index in [-0.39, 0.29) is 21.3 Å². The smallest absolute Gasteiger partial charge is 0.290 e. The summed E-state index contributed by atoms with van der Waals surface area (Å²) in [4.78, 5) is 38.9. The second-order valence-corrected chi connectivity index (χ2v) is 5.59. The van der Waals surface area contributed by atoms with E-state index >= 15 is 0 Å². The van der Waals surface area contributed by atoms with E-state index in [0.29, 0.717) is 12.1 Å². The van der Waals surface area contributed by atoms with Crippen LogP contribution in [0.1, 0.15) is 19.0 Å². The van der Waals surface area contributed by atoms with Crippen LogP contribution in [0.25, 0.3) is 0 Å². The third kappa shape index (κ3) is 4.13. The lowest BCUT2D eigenvalue weighted by Crippen LogP contribution is -2.10. The van der Waals surface area contributed by atoms with E-state index in [1.165, 1.54) is 18.2 Å². The number of aryl methyl sites for hydroxylation is 1. The standard InChI is InChI=1S/C13H12N4O5S/c1-2-3-8-6-12(18)15-13(14-8)23-11-5-4-9(16(19)20)7-10(11)17(21)22/h4-7H,2-3H2,1H3,(H,14,15,18). The molecule has 1 aromatic heterocycles. The number of non-ortho nitro benzene ring substituents is 1. The summed E-state index contributed by atoms with van der Waals surface area (Å²) in [6, 6.07) is 4.70. The Labute approximate surface area is 134 Å². The summed E-state index contributed by atoms with van der Waals surface area (Å²) in [5.74, 6) is 0.